The fourth-order valence-electron chi connectivity index (χ4n) is 2.38. The number of benzene rings is 1. The Kier molecular flexibility index (Phi) is 4.18. The molecule has 2 aromatic rings. The summed E-state index contributed by atoms with van der Waals surface area (Å²) >= 11 is 1.90. The van der Waals surface area contributed by atoms with Crippen molar-refractivity contribution in [1.82, 2.24) is 10.3 Å². The Balaban J connectivity index is 1.71. The molecule has 20 heavy (non-hydrogen) atoms. The van der Waals surface area contributed by atoms with Crippen molar-refractivity contribution in [3.05, 3.63) is 36.5 Å². The van der Waals surface area contributed by atoms with Gasteiger partial charge in [0.1, 0.15) is 0 Å². The average molecular weight is 287 g/mol. The van der Waals surface area contributed by atoms with E-state index in [0.29, 0.717) is 6.42 Å². The SMILES string of the molecule is O=C(CC1CSCCN1)Nc1cccc2cccnc12. The van der Waals surface area contributed by atoms with Crippen LogP contribution in [-0.4, -0.2) is 35.0 Å². The van der Waals surface area contributed by atoms with Gasteiger partial charge in [-0.25, -0.2) is 0 Å². The zero-order valence-corrected chi connectivity index (χ0v) is 12.0. The minimum atomic E-state index is 0.0446. The molecule has 104 valence electrons. The molecule has 5 heteroatoms. The van der Waals surface area contributed by atoms with Crippen LogP contribution in [0.3, 0.4) is 0 Å². The third kappa shape index (κ3) is 3.11. The quantitative estimate of drug-likeness (QED) is 0.909. The smallest absolute Gasteiger partial charge is 0.226 e. The van der Waals surface area contributed by atoms with E-state index in [1.165, 1.54) is 0 Å². The van der Waals surface area contributed by atoms with E-state index in [1.54, 1.807) is 6.20 Å². The van der Waals surface area contributed by atoms with Crippen LogP contribution in [0.4, 0.5) is 5.69 Å². The first-order chi connectivity index (χ1) is 9.83. The van der Waals surface area contributed by atoms with Gasteiger partial charge in [0.2, 0.25) is 5.91 Å². The topological polar surface area (TPSA) is 54.0 Å². The Morgan fingerprint density at radius 3 is 3.15 bits per heavy atom. The second-order valence-corrected chi connectivity index (χ2v) is 6.01. The molecule has 0 aliphatic carbocycles. The fraction of sp³-hybridized carbons (Fsp3) is 0.333. The minimum Gasteiger partial charge on any atom is -0.324 e. The van der Waals surface area contributed by atoms with E-state index < -0.39 is 0 Å². The number of nitrogens with zero attached hydrogens (tertiary/aromatic N) is 1. The van der Waals surface area contributed by atoms with Crippen molar-refractivity contribution < 1.29 is 4.79 Å². The molecule has 0 bridgehead atoms. The molecule has 0 saturated carbocycles. The molecule has 4 nitrogen and oxygen atoms in total. The molecule has 1 aliphatic heterocycles. The molecular formula is C15H17N3OS. The van der Waals surface area contributed by atoms with Crippen LogP contribution in [0, 0.1) is 0 Å². The molecule has 1 aromatic carbocycles. The summed E-state index contributed by atoms with van der Waals surface area (Å²) in [5.41, 5.74) is 1.63. The second kappa shape index (κ2) is 6.24. The summed E-state index contributed by atoms with van der Waals surface area (Å²) in [6.07, 6.45) is 2.26. The normalized spacial score (nSPS) is 18.9. The maximum atomic E-state index is 12.1. The van der Waals surface area contributed by atoms with Gasteiger partial charge in [0.25, 0.3) is 0 Å². The van der Waals surface area contributed by atoms with Crippen LogP contribution in [0.1, 0.15) is 6.42 Å². The second-order valence-electron chi connectivity index (χ2n) is 4.86. The number of thioether (sulfide) groups is 1. The van der Waals surface area contributed by atoms with Crippen molar-refractivity contribution in [2.75, 3.05) is 23.4 Å². The first-order valence-corrected chi connectivity index (χ1v) is 7.93. The Morgan fingerprint density at radius 2 is 2.30 bits per heavy atom. The summed E-state index contributed by atoms with van der Waals surface area (Å²) in [5, 5.41) is 7.40. The van der Waals surface area contributed by atoms with Crippen molar-refractivity contribution in [3.63, 3.8) is 0 Å². The van der Waals surface area contributed by atoms with E-state index in [1.807, 2.05) is 42.1 Å². The molecule has 1 aromatic heterocycles. The van der Waals surface area contributed by atoms with Crippen LogP contribution in [0.25, 0.3) is 10.9 Å². The number of hydrogen-bond acceptors (Lipinski definition) is 4. The van der Waals surface area contributed by atoms with E-state index in [2.05, 4.69) is 15.6 Å². The van der Waals surface area contributed by atoms with Crippen molar-refractivity contribution in [2.45, 2.75) is 12.5 Å². The van der Waals surface area contributed by atoms with Crippen molar-refractivity contribution in [3.8, 4) is 0 Å². The maximum absolute atomic E-state index is 12.1. The lowest BCUT2D eigenvalue weighted by atomic mass is 10.1. The molecule has 1 fully saturated rings. The number of anilines is 1. The highest BCUT2D eigenvalue weighted by Gasteiger charge is 2.17. The molecule has 1 amide bonds. The standard InChI is InChI=1S/C15H17N3OS/c19-14(9-12-10-20-8-7-16-12)18-13-5-1-3-11-4-2-6-17-15(11)13/h1-6,12,16H,7-10H2,(H,18,19). The highest BCUT2D eigenvalue weighted by molar-refractivity contribution is 7.99. The minimum absolute atomic E-state index is 0.0446. The number of carbonyl (C=O) groups excluding carboxylic acids is 1. The first-order valence-electron chi connectivity index (χ1n) is 6.77. The van der Waals surface area contributed by atoms with Gasteiger partial charge >= 0.3 is 0 Å². The van der Waals surface area contributed by atoms with Gasteiger partial charge in [0, 0.05) is 42.1 Å². The van der Waals surface area contributed by atoms with Gasteiger partial charge in [-0.1, -0.05) is 18.2 Å². The summed E-state index contributed by atoms with van der Waals surface area (Å²) in [4.78, 5) is 16.5. The Labute approximate surface area is 122 Å². The average Bonchev–Trinajstić information content (AvgIpc) is 2.48. The zero-order valence-electron chi connectivity index (χ0n) is 11.1. The summed E-state index contributed by atoms with van der Waals surface area (Å²) in [6, 6.07) is 10.0. The van der Waals surface area contributed by atoms with Crippen LogP contribution in [0.15, 0.2) is 36.5 Å². The van der Waals surface area contributed by atoms with Crippen molar-refractivity contribution in [2.24, 2.45) is 0 Å². The van der Waals surface area contributed by atoms with Gasteiger partial charge < -0.3 is 10.6 Å². The highest BCUT2D eigenvalue weighted by Crippen LogP contribution is 2.21. The van der Waals surface area contributed by atoms with E-state index in [-0.39, 0.29) is 11.9 Å². The fourth-order valence-corrected chi connectivity index (χ4v) is 3.33. The summed E-state index contributed by atoms with van der Waals surface area (Å²) < 4.78 is 0. The number of carbonyl (C=O) groups is 1. The van der Waals surface area contributed by atoms with Crippen LogP contribution in [0.2, 0.25) is 0 Å². The molecule has 1 unspecified atom stereocenters. The third-order valence-corrected chi connectivity index (χ3v) is 4.47. The van der Waals surface area contributed by atoms with Gasteiger partial charge in [-0.15, -0.1) is 0 Å². The number of nitrogens with one attached hydrogen (secondary N) is 2. The predicted octanol–water partition coefficient (Wildman–Crippen LogP) is 2.27. The molecule has 2 N–H and O–H groups in total. The molecule has 3 rings (SSSR count). The van der Waals surface area contributed by atoms with Crippen molar-refractivity contribution >= 4 is 34.3 Å². The number of fused-ring (bicyclic) bond motifs is 1. The Bertz CT molecular complexity index is 606. The van der Waals surface area contributed by atoms with Crippen molar-refractivity contribution in [1.29, 1.82) is 0 Å². The van der Waals surface area contributed by atoms with Gasteiger partial charge in [-0.05, 0) is 12.1 Å². The Hall–Kier alpha value is -1.59. The molecule has 1 atom stereocenters. The van der Waals surface area contributed by atoms with Gasteiger partial charge in [0.05, 0.1) is 11.2 Å². The largest absolute Gasteiger partial charge is 0.324 e. The monoisotopic (exact) mass is 287 g/mol. The lowest BCUT2D eigenvalue weighted by Crippen LogP contribution is -2.39. The van der Waals surface area contributed by atoms with Gasteiger partial charge in [-0.2, -0.15) is 11.8 Å². The molecule has 1 aliphatic rings. The van der Waals surface area contributed by atoms with Crippen LogP contribution in [-0.2, 0) is 4.79 Å². The summed E-state index contributed by atoms with van der Waals surface area (Å²) in [7, 11) is 0. The lowest BCUT2D eigenvalue weighted by molar-refractivity contribution is -0.116. The molecule has 2 heterocycles. The molecule has 0 spiro atoms. The van der Waals surface area contributed by atoms with E-state index in [9.17, 15) is 4.79 Å². The number of aromatic nitrogens is 1. The van der Waals surface area contributed by atoms with Gasteiger partial charge in [0.15, 0.2) is 0 Å². The third-order valence-electron chi connectivity index (χ3n) is 3.34. The van der Waals surface area contributed by atoms with Gasteiger partial charge in [-0.3, -0.25) is 9.78 Å². The number of hydrogen-bond donors (Lipinski definition) is 2. The Morgan fingerprint density at radius 1 is 1.40 bits per heavy atom. The zero-order chi connectivity index (χ0) is 13.8. The van der Waals surface area contributed by atoms with E-state index >= 15 is 0 Å². The van der Waals surface area contributed by atoms with E-state index in [4.69, 9.17) is 0 Å². The maximum Gasteiger partial charge on any atom is 0.226 e. The van der Waals surface area contributed by atoms with Crippen LogP contribution < -0.4 is 10.6 Å². The first kappa shape index (κ1) is 13.4. The number of pyridine rings is 1. The van der Waals surface area contributed by atoms with E-state index in [0.717, 1.165) is 34.6 Å². The summed E-state index contributed by atoms with van der Waals surface area (Å²) in [6.45, 7) is 0.985. The molecular weight excluding hydrogens is 270 g/mol. The predicted molar refractivity (Wildman–Crippen MR) is 84.1 cm³/mol. The van der Waals surface area contributed by atoms with Crippen LogP contribution >= 0.6 is 11.8 Å². The number of rotatable bonds is 3. The number of para-hydroxylation sites is 1. The van der Waals surface area contributed by atoms with Crippen LogP contribution in [0.5, 0.6) is 0 Å². The lowest BCUT2D eigenvalue weighted by Gasteiger charge is -2.22. The number of amides is 1. The highest BCUT2D eigenvalue weighted by atomic mass is 32.2. The molecule has 1 saturated heterocycles. The summed E-state index contributed by atoms with van der Waals surface area (Å²) in [5.74, 6) is 2.18. The molecule has 0 radical (unpaired) electrons.